The van der Waals surface area contributed by atoms with Crippen molar-refractivity contribution in [2.45, 2.75) is 51.2 Å². The zero-order valence-electron chi connectivity index (χ0n) is 12.8. The van der Waals surface area contributed by atoms with E-state index in [4.69, 9.17) is 9.84 Å². The Morgan fingerprint density at radius 2 is 2.05 bits per heavy atom. The maximum atomic E-state index is 11.1. The molecule has 0 aromatic carbocycles. The first kappa shape index (κ1) is 14.3. The van der Waals surface area contributed by atoms with Gasteiger partial charge in [0.25, 0.3) is 0 Å². The molecule has 0 radical (unpaired) electrons. The number of nitrogens with zero attached hydrogens (tertiary/aromatic N) is 2. The number of carboxylic acid groups (broad SMARTS) is 1. The maximum Gasteiger partial charge on any atom is 0.407 e. The molecule has 3 heterocycles. The van der Waals surface area contributed by atoms with E-state index in [1.807, 2.05) is 6.20 Å². The Kier molecular flexibility index (Phi) is 3.20. The molecule has 1 saturated heterocycles. The van der Waals surface area contributed by atoms with Crippen molar-refractivity contribution >= 4 is 6.09 Å². The number of hydrogen-bond donors (Lipinski definition) is 1. The van der Waals surface area contributed by atoms with Crippen molar-refractivity contribution in [1.82, 2.24) is 9.88 Å². The molecule has 1 N–H and O–H groups in total. The van der Waals surface area contributed by atoms with Crippen molar-refractivity contribution < 1.29 is 14.6 Å². The molecular formula is C16H22N2O3. The van der Waals surface area contributed by atoms with E-state index in [1.54, 1.807) is 0 Å². The van der Waals surface area contributed by atoms with Crippen LogP contribution in [0.15, 0.2) is 12.3 Å². The molecular weight excluding hydrogens is 268 g/mol. The summed E-state index contributed by atoms with van der Waals surface area (Å²) in [5.74, 6) is 0. The van der Waals surface area contributed by atoms with Gasteiger partial charge in [-0.2, -0.15) is 0 Å². The second-order valence-corrected chi connectivity index (χ2v) is 6.99. The number of amides is 1. The minimum atomic E-state index is -0.848. The van der Waals surface area contributed by atoms with Gasteiger partial charge in [-0.1, -0.05) is 20.8 Å². The first-order valence-corrected chi connectivity index (χ1v) is 7.44. The van der Waals surface area contributed by atoms with Gasteiger partial charge >= 0.3 is 6.09 Å². The molecule has 1 amide bonds. The number of piperidine rings is 1. The number of carbonyl (C=O) groups is 1. The Morgan fingerprint density at radius 1 is 1.38 bits per heavy atom. The topological polar surface area (TPSA) is 62.7 Å². The molecule has 114 valence electrons. The Labute approximate surface area is 124 Å². The van der Waals surface area contributed by atoms with Crippen LogP contribution in [0.5, 0.6) is 0 Å². The van der Waals surface area contributed by atoms with Gasteiger partial charge in [-0.05, 0) is 29.9 Å². The monoisotopic (exact) mass is 290 g/mol. The molecule has 1 aromatic rings. The lowest BCUT2D eigenvalue weighted by Gasteiger charge is -2.37. The summed E-state index contributed by atoms with van der Waals surface area (Å²) < 4.78 is 6.13. The van der Waals surface area contributed by atoms with Crippen molar-refractivity contribution in [2.24, 2.45) is 0 Å². The summed E-state index contributed by atoms with van der Waals surface area (Å²) in [5, 5.41) is 9.09. The molecule has 1 aromatic heterocycles. The normalized spacial score (nSPS) is 20.6. The largest absolute Gasteiger partial charge is 0.465 e. The Hall–Kier alpha value is -1.62. The van der Waals surface area contributed by atoms with Crippen molar-refractivity contribution in [3.63, 3.8) is 0 Å². The van der Waals surface area contributed by atoms with Crippen LogP contribution in [0.3, 0.4) is 0 Å². The summed E-state index contributed by atoms with van der Waals surface area (Å²) in [5.41, 5.74) is 3.19. The smallest absolute Gasteiger partial charge is 0.407 e. The molecule has 5 heteroatoms. The average Bonchev–Trinajstić information content (AvgIpc) is 2.77. The van der Waals surface area contributed by atoms with Crippen LogP contribution in [-0.2, 0) is 22.4 Å². The van der Waals surface area contributed by atoms with Crippen LogP contribution < -0.4 is 0 Å². The fraction of sp³-hybridized carbons (Fsp3) is 0.625. The number of ether oxygens (including phenoxy) is 1. The third kappa shape index (κ3) is 2.29. The fourth-order valence-corrected chi connectivity index (χ4v) is 3.45. The number of aromatic nitrogens is 1. The maximum absolute atomic E-state index is 11.1. The van der Waals surface area contributed by atoms with Gasteiger partial charge in [0.15, 0.2) is 0 Å². The quantitative estimate of drug-likeness (QED) is 0.798. The van der Waals surface area contributed by atoms with Gasteiger partial charge in [-0.25, -0.2) is 4.79 Å². The van der Waals surface area contributed by atoms with Crippen LogP contribution in [0.2, 0.25) is 0 Å². The Bertz CT molecular complexity index is 569. The molecule has 2 aliphatic heterocycles. The van der Waals surface area contributed by atoms with Gasteiger partial charge in [0, 0.05) is 24.8 Å². The van der Waals surface area contributed by atoms with E-state index in [2.05, 4.69) is 31.8 Å². The standard InChI is InChI=1S/C16H22N2O3/c1-15(2,3)12-4-7-17-13-11(12)10-21-16(13)5-8-18(9-6-16)14(19)20/h4,7H,5-6,8-10H2,1-3H3,(H,19,20). The summed E-state index contributed by atoms with van der Waals surface area (Å²) in [7, 11) is 0. The fourth-order valence-electron chi connectivity index (χ4n) is 3.45. The molecule has 1 fully saturated rings. The van der Waals surface area contributed by atoms with Gasteiger partial charge in [0.05, 0.1) is 12.3 Å². The van der Waals surface area contributed by atoms with Crippen LogP contribution in [0.25, 0.3) is 0 Å². The van der Waals surface area contributed by atoms with Crippen molar-refractivity contribution in [1.29, 1.82) is 0 Å². The summed E-state index contributed by atoms with van der Waals surface area (Å²) >= 11 is 0. The number of hydrogen-bond acceptors (Lipinski definition) is 3. The van der Waals surface area contributed by atoms with E-state index in [0.29, 0.717) is 32.5 Å². The summed E-state index contributed by atoms with van der Waals surface area (Å²) in [6, 6.07) is 2.08. The molecule has 0 aliphatic carbocycles. The third-order valence-electron chi connectivity index (χ3n) is 4.63. The highest BCUT2D eigenvalue weighted by atomic mass is 16.5. The molecule has 0 atom stereocenters. The van der Waals surface area contributed by atoms with Gasteiger partial charge in [0.2, 0.25) is 0 Å². The van der Waals surface area contributed by atoms with Crippen molar-refractivity contribution in [3.8, 4) is 0 Å². The number of fused-ring (bicyclic) bond motifs is 2. The van der Waals surface area contributed by atoms with E-state index in [-0.39, 0.29) is 11.0 Å². The second-order valence-electron chi connectivity index (χ2n) is 6.99. The lowest BCUT2D eigenvalue weighted by atomic mass is 9.80. The molecule has 2 aliphatic rings. The van der Waals surface area contributed by atoms with Crippen LogP contribution in [-0.4, -0.2) is 34.2 Å². The number of pyridine rings is 1. The van der Waals surface area contributed by atoms with Gasteiger partial charge < -0.3 is 14.7 Å². The second kappa shape index (κ2) is 4.70. The van der Waals surface area contributed by atoms with E-state index in [1.165, 1.54) is 16.0 Å². The zero-order chi connectivity index (χ0) is 15.3. The summed E-state index contributed by atoms with van der Waals surface area (Å²) in [6.07, 6.45) is 2.39. The molecule has 5 nitrogen and oxygen atoms in total. The minimum absolute atomic E-state index is 0.0592. The average molecular weight is 290 g/mol. The third-order valence-corrected chi connectivity index (χ3v) is 4.63. The van der Waals surface area contributed by atoms with Gasteiger partial charge in [-0.15, -0.1) is 0 Å². The first-order valence-electron chi connectivity index (χ1n) is 7.44. The van der Waals surface area contributed by atoms with E-state index < -0.39 is 6.09 Å². The van der Waals surface area contributed by atoms with Crippen molar-refractivity contribution in [2.75, 3.05) is 13.1 Å². The number of rotatable bonds is 0. The molecule has 21 heavy (non-hydrogen) atoms. The lowest BCUT2D eigenvalue weighted by Crippen LogP contribution is -2.44. The van der Waals surface area contributed by atoms with Crippen LogP contribution in [0.4, 0.5) is 4.79 Å². The highest BCUT2D eigenvalue weighted by Gasteiger charge is 2.46. The first-order chi connectivity index (χ1) is 9.83. The molecule has 0 bridgehead atoms. The van der Waals surface area contributed by atoms with Crippen LogP contribution in [0, 0.1) is 0 Å². The Morgan fingerprint density at radius 3 is 2.62 bits per heavy atom. The van der Waals surface area contributed by atoms with E-state index >= 15 is 0 Å². The highest BCUT2D eigenvalue weighted by Crippen LogP contribution is 2.45. The number of likely N-dealkylation sites (tertiary alicyclic amines) is 1. The lowest BCUT2D eigenvalue weighted by molar-refractivity contribution is -0.0771. The molecule has 1 spiro atoms. The minimum Gasteiger partial charge on any atom is -0.465 e. The summed E-state index contributed by atoms with van der Waals surface area (Å²) in [6.45, 7) is 8.19. The predicted octanol–water partition coefficient (Wildman–Crippen LogP) is 2.88. The highest BCUT2D eigenvalue weighted by molar-refractivity contribution is 5.65. The Balaban J connectivity index is 1.93. The van der Waals surface area contributed by atoms with Crippen molar-refractivity contribution in [3.05, 3.63) is 29.1 Å². The van der Waals surface area contributed by atoms with Crippen LogP contribution in [0.1, 0.15) is 50.4 Å². The molecule has 0 saturated carbocycles. The zero-order valence-corrected chi connectivity index (χ0v) is 12.8. The molecule has 0 unspecified atom stereocenters. The SMILES string of the molecule is CC(C)(C)c1ccnc2c1COC21CCN(C(=O)O)CC1. The van der Waals surface area contributed by atoms with Crippen LogP contribution >= 0.6 is 0 Å². The van der Waals surface area contributed by atoms with E-state index in [9.17, 15) is 4.79 Å². The predicted molar refractivity (Wildman–Crippen MR) is 78.2 cm³/mol. The van der Waals surface area contributed by atoms with Gasteiger partial charge in [-0.3, -0.25) is 4.98 Å². The summed E-state index contributed by atoms with van der Waals surface area (Å²) in [4.78, 5) is 17.1. The van der Waals surface area contributed by atoms with Gasteiger partial charge in [0.1, 0.15) is 5.60 Å². The molecule has 3 rings (SSSR count). The van der Waals surface area contributed by atoms with E-state index in [0.717, 1.165) is 5.69 Å².